The van der Waals surface area contributed by atoms with Crippen molar-refractivity contribution >= 4 is 29.1 Å². The van der Waals surface area contributed by atoms with E-state index in [0.717, 1.165) is 0 Å². The maximum Gasteiger partial charge on any atom is 0.308 e. The van der Waals surface area contributed by atoms with Crippen LogP contribution in [-0.4, -0.2) is 36.5 Å². The number of ketones is 1. The highest BCUT2D eigenvalue weighted by molar-refractivity contribution is 6.51. The maximum atomic E-state index is 13.4. The van der Waals surface area contributed by atoms with E-state index in [1.54, 1.807) is 72.8 Å². The Morgan fingerprint density at radius 1 is 0.947 bits per heavy atom. The van der Waals surface area contributed by atoms with E-state index in [1.165, 1.54) is 18.9 Å². The summed E-state index contributed by atoms with van der Waals surface area (Å²) in [6.45, 7) is 5.80. The first-order valence-corrected chi connectivity index (χ1v) is 12.2. The second-order valence-corrected chi connectivity index (χ2v) is 9.27. The molecule has 38 heavy (non-hydrogen) atoms. The van der Waals surface area contributed by atoms with Crippen molar-refractivity contribution in [1.29, 1.82) is 0 Å². The van der Waals surface area contributed by atoms with Crippen molar-refractivity contribution in [3.05, 3.63) is 89.5 Å². The molecule has 0 aliphatic carbocycles. The van der Waals surface area contributed by atoms with Crippen molar-refractivity contribution in [3.63, 3.8) is 0 Å². The number of methoxy groups -OCH3 is 1. The van der Waals surface area contributed by atoms with Gasteiger partial charge in [0, 0.05) is 24.2 Å². The summed E-state index contributed by atoms with van der Waals surface area (Å²) in [6, 6.07) is 19.0. The number of carbonyl (C=O) groups is 3. The zero-order valence-corrected chi connectivity index (χ0v) is 21.6. The van der Waals surface area contributed by atoms with Crippen LogP contribution in [0.1, 0.15) is 37.9 Å². The molecule has 0 saturated carbocycles. The molecule has 1 aliphatic heterocycles. The Kier molecular flexibility index (Phi) is 7.81. The number of aliphatic hydroxyl groups excluding tert-OH is 1. The molecule has 3 aromatic carbocycles. The van der Waals surface area contributed by atoms with Crippen LogP contribution in [0.5, 0.6) is 17.2 Å². The molecule has 8 heteroatoms. The topological polar surface area (TPSA) is 102 Å². The van der Waals surface area contributed by atoms with Crippen LogP contribution < -0.4 is 19.1 Å². The number of esters is 1. The molecular formula is C30H29NO7. The summed E-state index contributed by atoms with van der Waals surface area (Å²) in [6.07, 6.45) is 0. The first-order chi connectivity index (χ1) is 18.2. The van der Waals surface area contributed by atoms with Crippen LogP contribution in [0.3, 0.4) is 0 Å². The Bertz CT molecular complexity index is 1410. The van der Waals surface area contributed by atoms with Crippen LogP contribution in [0.4, 0.5) is 5.69 Å². The van der Waals surface area contributed by atoms with Crippen LogP contribution in [0.2, 0.25) is 0 Å². The lowest BCUT2D eigenvalue weighted by Gasteiger charge is -2.26. The Labute approximate surface area is 221 Å². The highest BCUT2D eigenvalue weighted by Crippen LogP contribution is 2.43. The number of benzene rings is 3. The fraction of sp³-hybridized carbons (Fsp3) is 0.233. The van der Waals surface area contributed by atoms with Crippen LogP contribution in [0, 0.1) is 5.92 Å². The quantitative estimate of drug-likeness (QED) is 0.143. The van der Waals surface area contributed by atoms with E-state index in [1.807, 2.05) is 13.8 Å². The number of nitrogens with zero attached hydrogens (tertiary/aromatic N) is 1. The standard InChI is InChI=1S/C30H29NO7/c1-18(2)17-37-24-12-6-9-21(15-24)28(33)26-27(20-8-5-13-25(14-20)38-19(3)32)31(30(35)29(26)34)22-10-7-11-23(16-22)36-4/h5-16,18,27,33H,17H2,1-4H3/b28-26+. The number of hydrogen-bond acceptors (Lipinski definition) is 7. The van der Waals surface area contributed by atoms with E-state index in [2.05, 4.69) is 0 Å². The summed E-state index contributed by atoms with van der Waals surface area (Å²) in [4.78, 5) is 39.8. The minimum Gasteiger partial charge on any atom is -0.507 e. The summed E-state index contributed by atoms with van der Waals surface area (Å²) < 4.78 is 16.4. The summed E-state index contributed by atoms with van der Waals surface area (Å²) in [5.41, 5.74) is 1.11. The van der Waals surface area contributed by atoms with E-state index in [9.17, 15) is 19.5 Å². The lowest BCUT2D eigenvalue weighted by Crippen LogP contribution is -2.29. The van der Waals surface area contributed by atoms with Gasteiger partial charge in [-0.1, -0.05) is 44.2 Å². The van der Waals surface area contributed by atoms with Crippen LogP contribution >= 0.6 is 0 Å². The molecule has 8 nitrogen and oxygen atoms in total. The summed E-state index contributed by atoms with van der Waals surface area (Å²) >= 11 is 0. The smallest absolute Gasteiger partial charge is 0.308 e. The van der Waals surface area contributed by atoms with Gasteiger partial charge in [0.05, 0.1) is 25.3 Å². The summed E-state index contributed by atoms with van der Waals surface area (Å²) in [5.74, 6) is -0.948. The average molecular weight is 516 g/mol. The number of aliphatic hydroxyl groups is 1. The second-order valence-electron chi connectivity index (χ2n) is 9.27. The van der Waals surface area contributed by atoms with Crippen LogP contribution in [0.15, 0.2) is 78.4 Å². The normalized spacial score (nSPS) is 16.6. The zero-order valence-electron chi connectivity index (χ0n) is 21.6. The Hall–Kier alpha value is -4.59. The third kappa shape index (κ3) is 5.54. The van der Waals surface area contributed by atoms with Crippen LogP contribution in [0.25, 0.3) is 5.76 Å². The predicted molar refractivity (Wildman–Crippen MR) is 142 cm³/mol. The molecule has 3 aromatic rings. The molecule has 1 aliphatic rings. The average Bonchev–Trinajstić information content (AvgIpc) is 3.17. The van der Waals surface area contributed by atoms with Crippen molar-refractivity contribution in [2.45, 2.75) is 26.8 Å². The van der Waals surface area contributed by atoms with Gasteiger partial charge in [0.25, 0.3) is 11.7 Å². The number of hydrogen-bond donors (Lipinski definition) is 1. The first-order valence-electron chi connectivity index (χ1n) is 12.2. The van der Waals surface area contributed by atoms with E-state index in [0.29, 0.717) is 40.8 Å². The van der Waals surface area contributed by atoms with Crippen molar-refractivity contribution < 1.29 is 33.7 Å². The van der Waals surface area contributed by atoms with Crippen LogP contribution in [-0.2, 0) is 14.4 Å². The Morgan fingerprint density at radius 3 is 2.34 bits per heavy atom. The van der Waals surface area contributed by atoms with Gasteiger partial charge >= 0.3 is 5.97 Å². The monoisotopic (exact) mass is 515 g/mol. The van der Waals surface area contributed by atoms with Crippen molar-refractivity contribution in [3.8, 4) is 17.2 Å². The zero-order chi connectivity index (χ0) is 27.4. The van der Waals surface area contributed by atoms with E-state index < -0.39 is 23.7 Å². The highest BCUT2D eigenvalue weighted by Gasteiger charge is 2.47. The fourth-order valence-electron chi connectivity index (χ4n) is 4.24. The Morgan fingerprint density at radius 2 is 1.63 bits per heavy atom. The molecule has 0 aromatic heterocycles. The van der Waals surface area contributed by atoms with E-state index >= 15 is 0 Å². The third-order valence-corrected chi connectivity index (χ3v) is 5.90. The van der Waals surface area contributed by atoms with Gasteiger partial charge in [0.2, 0.25) is 0 Å². The molecule has 1 unspecified atom stereocenters. The number of carbonyl (C=O) groups excluding carboxylic acids is 3. The van der Waals surface area contributed by atoms with Gasteiger partial charge in [0.1, 0.15) is 23.0 Å². The van der Waals surface area contributed by atoms with E-state index in [4.69, 9.17) is 14.2 Å². The summed E-state index contributed by atoms with van der Waals surface area (Å²) in [7, 11) is 1.50. The maximum absolute atomic E-state index is 13.4. The molecule has 0 radical (unpaired) electrons. The number of amides is 1. The molecule has 1 atom stereocenters. The summed E-state index contributed by atoms with van der Waals surface area (Å²) in [5, 5.41) is 11.4. The molecule has 0 spiro atoms. The first kappa shape index (κ1) is 26.5. The van der Waals surface area contributed by atoms with Gasteiger partial charge < -0.3 is 19.3 Å². The minimum atomic E-state index is -1.00. The third-order valence-electron chi connectivity index (χ3n) is 5.90. The molecule has 1 saturated heterocycles. The van der Waals surface area contributed by atoms with Crippen molar-refractivity contribution in [1.82, 2.24) is 0 Å². The minimum absolute atomic E-state index is 0.0983. The SMILES string of the molecule is COc1cccc(N2C(=O)C(=O)/C(=C(/O)c3cccc(OCC(C)C)c3)C2c2cccc(OC(C)=O)c2)c1. The molecule has 1 fully saturated rings. The van der Waals surface area contributed by atoms with E-state index in [-0.39, 0.29) is 17.1 Å². The van der Waals surface area contributed by atoms with Gasteiger partial charge in [0.15, 0.2) is 0 Å². The number of rotatable bonds is 8. The van der Waals surface area contributed by atoms with Crippen molar-refractivity contribution in [2.24, 2.45) is 5.92 Å². The number of Topliss-reactive ketones (excluding diaryl/α,β-unsaturated/α-hetero) is 1. The predicted octanol–water partition coefficient (Wildman–Crippen LogP) is 5.28. The van der Waals surface area contributed by atoms with Gasteiger partial charge in [-0.25, -0.2) is 0 Å². The van der Waals surface area contributed by atoms with Crippen molar-refractivity contribution in [2.75, 3.05) is 18.6 Å². The van der Waals surface area contributed by atoms with Gasteiger partial charge in [-0.3, -0.25) is 19.3 Å². The molecule has 4 rings (SSSR count). The molecular weight excluding hydrogens is 486 g/mol. The molecule has 1 amide bonds. The lowest BCUT2D eigenvalue weighted by molar-refractivity contribution is -0.132. The van der Waals surface area contributed by atoms with Gasteiger partial charge in [-0.05, 0) is 47.9 Å². The largest absolute Gasteiger partial charge is 0.507 e. The number of anilines is 1. The van der Waals surface area contributed by atoms with Gasteiger partial charge in [-0.15, -0.1) is 0 Å². The molecule has 0 bridgehead atoms. The molecule has 1 N–H and O–H groups in total. The van der Waals surface area contributed by atoms with Gasteiger partial charge in [-0.2, -0.15) is 0 Å². The molecule has 1 heterocycles. The lowest BCUT2D eigenvalue weighted by atomic mass is 9.95. The molecule has 196 valence electrons. The fourth-order valence-corrected chi connectivity index (χ4v) is 4.24. The highest BCUT2D eigenvalue weighted by atomic mass is 16.5. The Balaban J connectivity index is 1.89. The number of ether oxygens (including phenoxy) is 3. The second kappa shape index (κ2) is 11.2.